The fourth-order valence-electron chi connectivity index (χ4n) is 1.95. The van der Waals surface area contributed by atoms with Gasteiger partial charge in [-0.3, -0.25) is 0 Å². The summed E-state index contributed by atoms with van der Waals surface area (Å²) in [6, 6.07) is 12.4. The second kappa shape index (κ2) is 6.30. The van der Waals surface area contributed by atoms with Crippen LogP contribution in [-0.4, -0.2) is 12.2 Å². The first-order chi connectivity index (χ1) is 9.60. The number of rotatable bonds is 5. The molecule has 3 N–H and O–H groups in total. The number of methoxy groups -OCH3 is 1. The molecule has 0 radical (unpaired) electrons. The van der Waals surface area contributed by atoms with Crippen LogP contribution in [0.3, 0.4) is 0 Å². The highest BCUT2D eigenvalue weighted by Gasteiger charge is 2.10. The molecule has 0 aliphatic carbocycles. The number of ether oxygens (including phenoxy) is 2. The summed E-state index contributed by atoms with van der Waals surface area (Å²) in [5.41, 5.74) is 7.75. The van der Waals surface area contributed by atoms with Gasteiger partial charge in [-0.1, -0.05) is 18.2 Å². The number of nitrogens with two attached hydrogens (primary N) is 1. The minimum Gasteiger partial charge on any atom is -0.508 e. The predicted molar refractivity (Wildman–Crippen MR) is 78.0 cm³/mol. The zero-order valence-corrected chi connectivity index (χ0v) is 11.7. The van der Waals surface area contributed by atoms with Crippen LogP contribution >= 0.6 is 0 Å². The minimum atomic E-state index is -0.125. The van der Waals surface area contributed by atoms with E-state index in [9.17, 15) is 5.11 Å². The Kier molecular flexibility index (Phi) is 4.48. The van der Waals surface area contributed by atoms with Crippen molar-refractivity contribution in [3.05, 3.63) is 53.6 Å². The molecule has 0 aromatic heterocycles. The molecule has 0 aliphatic rings. The van der Waals surface area contributed by atoms with Crippen LogP contribution in [0.1, 0.15) is 24.1 Å². The standard InChI is InChI=1S/C16H19NO3/c1-11(17)15-7-6-14(19-2)9-16(15)20-10-12-4-3-5-13(18)8-12/h3-9,11,18H,10,17H2,1-2H3/t11-/m0/s1. The smallest absolute Gasteiger partial charge is 0.128 e. The molecule has 0 fully saturated rings. The van der Waals surface area contributed by atoms with Gasteiger partial charge in [0.05, 0.1) is 7.11 Å². The molecule has 1 atom stereocenters. The molecule has 106 valence electrons. The highest BCUT2D eigenvalue weighted by atomic mass is 16.5. The molecule has 0 aliphatic heterocycles. The third-order valence-electron chi connectivity index (χ3n) is 3.02. The number of benzene rings is 2. The van der Waals surface area contributed by atoms with E-state index in [0.29, 0.717) is 12.4 Å². The summed E-state index contributed by atoms with van der Waals surface area (Å²) in [6.45, 7) is 2.27. The second-order valence-electron chi connectivity index (χ2n) is 4.65. The van der Waals surface area contributed by atoms with Gasteiger partial charge in [0.25, 0.3) is 0 Å². The molecule has 0 saturated carbocycles. The monoisotopic (exact) mass is 273 g/mol. The molecule has 0 bridgehead atoms. The van der Waals surface area contributed by atoms with Crippen LogP contribution in [0.15, 0.2) is 42.5 Å². The van der Waals surface area contributed by atoms with Gasteiger partial charge in [0, 0.05) is 17.7 Å². The fraction of sp³-hybridized carbons (Fsp3) is 0.250. The summed E-state index contributed by atoms with van der Waals surface area (Å²) < 4.78 is 11.0. The molecular formula is C16H19NO3. The molecule has 0 spiro atoms. The van der Waals surface area contributed by atoms with E-state index in [4.69, 9.17) is 15.2 Å². The summed E-state index contributed by atoms with van der Waals surface area (Å²) in [6.07, 6.45) is 0. The van der Waals surface area contributed by atoms with Crippen LogP contribution < -0.4 is 15.2 Å². The van der Waals surface area contributed by atoms with Gasteiger partial charge in [-0.2, -0.15) is 0 Å². The lowest BCUT2D eigenvalue weighted by molar-refractivity contribution is 0.298. The number of phenols is 1. The van der Waals surface area contributed by atoms with E-state index in [1.54, 1.807) is 25.3 Å². The topological polar surface area (TPSA) is 64.7 Å². The summed E-state index contributed by atoms with van der Waals surface area (Å²) in [5, 5.41) is 9.44. The maximum atomic E-state index is 9.44. The SMILES string of the molecule is COc1ccc([C@H](C)N)c(OCc2cccc(O)c2)c1. The largest absolute Gasteiger partial charge is 0.508 e. The van der Waals surface area contributed by atoms with Gasteiger partial charge in [-0.15, -0.1) is 0 Å². The number of aromatic hydroxyl groups is 1. The molecule has 0 heterocycles. The van der Waals surface area contributed by atoms with Crippen molar-refractivity contribution < 1.29 is 14.6 Å². The van der Waals surface area contributed by atoms with Crippen LogP contribution in [0.5, 0.6) is 17.2 Å². The first-order valence-corrected chi connectivity index (χ1v) is 6.44. The molecule has 0 saturated heterocycles. The molecule has 20 heavy (non-hydrogen) atoms. The van der Waals surface area contributed by atoms with Gasteiger partial charge in [0.2, 0.25) is 0 Å². The lowest BCUT2D eigenvalue weighted by atomic mass is 10.1. The number of hydrogen-bond acceptors (Lipinski definition) is 4. The van der Waals surface area contributed by atoms with Crippen molar-refractivity contribution in [1.82, 2.24) is 0 Å². The normalized spacial score (nSPS) is 11.9. The van der Waals surface area contributed by atoms with E-state index in [0.717, 1.165) is 16.9 Å². The van der Waals surface area contributed by atoms with E-state index < -0.39 is 0 Å². The Balaban J connectivity index is 2.19. The Morgan fingerprint density at radius 1 is 1.20 bits per heavy atom. The van der Waals surface area contributed by atoms with Crippen LogP contribution in [0.2, 0.25) is 0 Å². The first-order valence-electron chi connectivity index (χ1n) is 6.44. The average molecular weight is 273 g/mol. The maximum absolute atomic E-state index is 9.44. The van der Waals surface area contributed by atoms with Crippen molar-refractivity contribution in [3.8, 4) is 17.2 Å². The van der Waals surface area contributed by atoms with Gasteiger partial charge >= 0.3 is 0 Å². The summed E-state index contributed by atoms with van der Waals surface area (Å²) in [7, 11) is 1.61. The number of phenolic OH excluding ortho intramolecular Hbond substituents is 1. The predicted octanol–water partition coefficient (Wildman–Crippen LogP) is 3.00. The van der Waals surface area contributed by atoms with Crippen molar-refractivity contribution in [1.29, 1.82) is 0 Å². The van der Waals surface area contributed by atoms with Crippen molar-refractivity contribution in [3.63, 3.8) is 0 Å². The van der Waals surface area contributed by atoms with Crippen LogP contribution in [0.25, 0.3) is 0 Å². The Labute approximate surface area is 118 Å². The minimum absolute atomic E-state index is 0.125. The van der Waals surface area contributed by atoms with Gasteiger partial charge in [0.15, 0.2) is 0 Å². The highest BCUT2D eigenvalue weighted by Crippen LogP contribution is 2.29. The summed E-state index contributed by atoms with van der Waals surface area (Å²) >= 11 is 0. The molecule has 2 rings (SSSR count). The number of hydrogen-bond donors (Lipinski definition) is 2. The zero-order valence-electron chi connectivity index (χ0n) is 11.7. The molecule has 0 amide bonds. The Bertz CT molecular complexity index is 582. The Morgan fingerprint density at radius 3 is 2.65 bits per heavy atom. The van der Waals surface area contributed by atoms with Gasteiger partial charge < -0.3 is 20.3 Å². The van der Waals surface area contributed by atoms with Crippen molar-refractivity contribution in [2.75, 3.05) is 7.11 Å². The van der Waals surface area contributed by atoms with Gasteiger partial charge in [-0.25, -0.2) is 0 Å². The quantitative estimate of drug-likeness (QED) is 0.879. The van der Waals surface area contributed by atoms with Gasteiger partial charge in [-0.05, 0) is 30.7 Å². The lowest BCUT2D eigenvalue weighted by Crippen LogP contribution is -2.08. The van der Waals surface area contributed by atoms with E-state index >= 15 is 0 Å². The first kappa shape index (κ1) is 14.2. The zero-order chi connectivity index (χ0) is 14.5. The molecule has 4 heteroatoms. The van der Waals surface area contributed by atoms with E-state index in [1.165, 1.54) is 0 Å². The molecule has 4 nitrogen and oxygen atoms in total. The van der Waals surface area contributed by atoms with Crippen molar-refractivity contribution >= 4 is 0 Å². The Morgan fingerprint density at radius 2 is 2.00 bits per heavy atom. The van der Waals surface area contributed by atoms with Crippen LogP contribution in [0.4, 0.5) is 0 Å². The second-order valence-corrected chi connectivity index (χ2v) is 4.65. The third-order valence-corrected chi connectivity index (χ3v) is 3.02. The molecule has 2 aromatic rings. The Hall–Kier alpha value is -2.20. The molecular weight excluding hydrogens is 254 g/mol. The maximum Gasteiger partial charge on any atom is 0.128 e. The van der Waals surface area contributed by atoms with E-state index in [1.807, 2.05) is 31.2 Å². The van der Waals surface area contributed by atoms with Crippen molar-refractivity contribution in [2.24, 2.45) is 5.73 Å². The van der Waals surface area contributed by atoms with E-state index in [-0.39, 0.29) is 11.8 Å². The molecule has 2 aromatic carbocycles. The fourth-order valence-corrected chi connectivity index (χ4v) is 1.95. The average Bonchev–Trinajstić information content (AvgIpc) is 2.44. The van der Waals surface area contributed by atoms with Gasteiger partial charge in [0.1, 0.15) is 23.9 Å². The highest BCUT2D eigenvalue weighted by molar-refractivity contribution is 5.42. The van der Waals surface area contributed by atoms with Crippen LogP contribution in [0, 0.1) is 0 Å². The van der Waals surface area contributed by atoms with Crippen molar-refractivity contribution in [2.45, 2.75) is 19.6 Å². The van der Waals surface area contributed by atoms with Crippen LogP contribution in [-0.2, 0) is 6.61 Å². The molecule has 0 unspecified atom stereocenters. The summed E-state index contributed by atoms with van der Waals surface area (Å²) in [5.74, 6) is 1.65. The van der Waals surface area contributed by atoms with E-state index in [2.05, 4.69) is 0 Å². The third kappa shape index (κ3) is 3.42. The summed E-state index contributed by atoms with van der Waals surface area (Å²) in [4.78, 5) is 0. The lowest BCUT2D eigenvalue weighted by Gasteiger charge is -2.15.